The predicted octanol–water partition coefficient (Wildman–Crippen LogP) is 4.19. The van der Waals surface area contributed by atoms with Crippen LogP contribution in [0.1, 0.15) is 31.7 Å². The maximum Gasteiger partial charge on any atom is 0.328 e. The van der Waals surface area contributed by atoms with Gasteiger partial charge in [-0.2, -0.15) is 0 Å². The number of amides is 1. The average molecular weight is 366 g/mol. The lowest BCUT2D eigenvalue weighted by atomic mass is 9.97. The van der Waals surface area contributed by atoms with E-state index in [9.17, 15) is 9.59 Å². The van der Waals surface area contributed by atoms with Gasteiger partial charge in [-0.15, -0.1) is 0 Å². The number of benzene rings is 2. The van der Waals surface area contributed by atoms with E-state index >= 15 is 0 Å². The number of ether oxygens (including phenoxy) is 1. The third kappa shape index (κ3) is 6.24. The number of carbonyl (C=O) groups is 2. The monoisotopic (exact) mass is 366 g/mol. The van der Waals surface area contributed by atoms with Crippen LogP contribution in [0, 0.1) is 12.8 Å². The molecule has 1 N–H and O–H groups in total. The zero-order chi connectivity index (χ0) is 19.6. The van der Waals surface area contributed by atoms with E-state index in [1.807, 2.05) is 49.4 Å². The highest BCUT2D eigenvalue weighted by atomic mass is 16.5. The number of nitrogens with one attached hydrogen (secondary N) is 1. The average Bonchev–Trinajstić information content (AvgIpc) is 2.71. The fourth-order valence-corrected chi connectivity index (χ4v) is 2.93. The Balaban J connectivity index is 1.95. The van der Waals surface area contributed by atoms with Crippen LogP contribution in [0.2, 0.25) is 0 Å². The summed E-state index contributed by atoms with van der Waals surface area (Å²) in [6.45, 7) is 6.01. The molecule has 0 aliphatic rings. The van der Waals surface area contributed by atoms with Gasteiger partial charge < -0.3 is 10.1 Å². The van der Waals surface area contributed by atoms with Gasteiger partial charge in [0.15, 0.2) is 0 Å². The van der Waals surface area contributed by atoms with Gasteiger partial charge in [-0.1, -0.05) is 74.4 Å². The Kier molecular flexibility index (Phi) is 8.05. The first-order chi connectivity index (χ1) is 13.0. The van der Waals surface area contributed by atoms with E-state index in [2.05, 4.69) is 24.4 Å². The van der Waals surface area contributed by atoms with Gasteiger partial charge in [-0.3, -0.25) is 4.79 Å². The van der Waals surface area contributed by atoms with Crippen molar-refractivity contribution in [1.29, 1.82) is 0 Å². The van der Waals surface area contributed by atoms with Crippen LogP contribution in [0.3, 0.4) is 0 Å². The maximum absolute atomic E-state index is 12.4. The summed E-state index contributed by atoms with van der Waals surface area (Å²) in [5.41, 5.74) is 3.33. The molecule has 0 aromatic heterocycles. The van der Waals surface area contributed by atoms with Gasteiger partial charge in [-0.05, 0) is 36.5 Å². The summed E-state index contributed by atoms with van der Waals surface area (Å²) in [4.78, 5) is 24.3. The first-order valence-corrected chi connectivity index (χ1v) is 9.40. The van der Waals surface area contributed by atoms with Gasteiger partial charge in [0.1, 0.15) is 6.04 Å². The number of methoxy groups -OCH3 is 1. The SMILES string of the molecule is [CH2][C@@H](Cc1ccc(-c2ccccc2)cc1)C(=O)N[C@@H](CCCC)C(=O)OC. The van der Waals surface area contributed by atoms with Crippen molar-refractivity contribution in [3.8, 4) is 11.1 Å². The van der Waals surface area contributed by atoms with Crippen molar-refractivity contribution in [2.75, 3.05) is 7.11 Å². The lowest BCUT2D eigenvalue weighted by Crippen LogP contribution is -2.44. The van der Waals surface area contributed by atoms with Gasteiger partial charge >= 0.3 is 5.97 Å². The van der Waals surface area contributed by atoms with Gasteiger partial charge in [-0.25, -0.2) is 4.79 Å². The molecule has 4 nitrogen and oxygen atoms in total. The van der Waals surface area contributed by atoms with E-state index in [0.717, 1.165) is 29.5 Å². The highest BCUT2D eigenvalue weighted by Gasteiger charge is 2.23. The summed E-state index contributed by atoms with van der Waals surface area (Å²) in [6, 6.07) is 17.7. The molecular weight excluding hydrogens is 338 g/mol. The molecule has 0 saturated heterocycles. The number of hydrogen-bond donors (Lipinski definition) is 1. The van der Waals surface area contributed by atoms with Crippen LogP contribution < -0.4 is 5.32 Å². The normalized spacial score (nSPS) is 12.9. The fraction of sp³-hybridized carbons (Fsp3) is 0.348. The predicted molar refractivity (Wildman–Crippen MR) is 108 cm³/mol. The minimum atomic E-state index is -0.604. The van der Waals surface area contributed by atoms with Crippen molar-refractivity contribution in [3.05, 3.63) is 67.1 Å². The van der Waals surface area contributed by atoms with E-state index in [4.69, 9.17) is 4.74 Å². The van der Waals surface area contributed by atoms with Crippen LogP contribution in [0.15, 0.2) is 54.6 Å². The molecule has 2 rings (SSSR count). The van der Waals surface area contributed by atoms with Crippen molar-refractivity contribution >= 4 is 11.9 Å². The molecule has 0 unspecified atom stereocenters. The standard InChI is InChI=1S/C23H28NO3/c1-4-5-11-21(23(26)27-3)24-22(25)17(2)16-18-12-14-20(15-13-18)19-9-7-6-8-10-19/h6-10,12-15,17,21H,2,4-5,11,16H2,1,3H3,(H,24,25)/t17-,21-/m0/s1. The van der Waals surface area contributed by atoms with Gasteiger partial charge in [0, 0.05) is 5.92 Å². The van der Waals surface area contributed by atoms with Gasteiger partial charge in [0.25, 0.3) is 0 Å². The molecule has 2 atom stereocenters. The summed E-state index contributed by atoms with van der Waals surface area (Å²) >= 11 is 0. The molecule has 0 spiro atoms. The van der Waals surface area contributed by atoms with Crippen molar-refractivity contribution in [1.82, 2.24) is 5.32 Å². The molecule has 1 radical (unpaired) electrons. The highest BCUT2D eigenvalue weighted by Crippen LogP contribution is 2.20. The Morgan fingerprint density at radius 3 is 2.26 bits per heavy atom. The van der Waals surface area contributed by atoms with Crippen LogP contribution in [-0.4, -0.2) is 25.0 Å². The van der Waals surface area contributed by atoms with Crippen LogP contribution >= 0.6 is 0 Å². The molecule has 0 aliphatic carbocycles. The summed E-state index contributed by atoms with van der Waals surface area (Å²) in [6.07, 6.45) is 2.89. The zero-order valence-electron chi connectivity index (χ0n) is 16.1. The second-order valence-electron chi connectivity index (χ2n) is 6.69. The van der Waals surface area contributed by atoms with Crippen molar-refractivity contribution in [2.24, 2.45) is 5.92 Å². The molecule has 1 amide bonds. The molecule has 4 heteroatoms. The molecule has 143 valence electrons. The molecule has 2 aromatic carbocycles. The molecule has 0 fully saturated rings. The Morgan fingerprint density at radius 2 is 1.67 bits per heavy atom. The highest BCUT2D eigenvalue weighted by molar-refractivity contribution is 5.86. The summed E-state index contributed by atoms with van der Waals surface area (Å²) < 4.78 is 4.79. The third-order valence-electron chi connectivity index (χ3n) is 4.56. The molecular formula is C23H28NO3. The summed E-state index contributed by atoms with van der Waals surface area (Å²) in [7, 11) is 1.34. The minimum absolute atomic E-state index is 0.228. The van der Waals surface area contributed by atoms with E-state index in [1.54, 1.807) is 0 Å². The van der Waals surface area contributed by atoms with Gasteiger partial charge in [0.05, 0.1) is 7.11 Å². The molecule has 27 heavy (non-hydrogen) atoms. The number of esters is 1. The Bertz CT molecular complexity index is 725. The van der Waals surface area contributed by atoms with Crippen LogP contribution in [0.5, 0.6) is 0 Å². The smallest absolute Gasteiger partial charge is 0.328 e. The Labute approximate surface area is 161 Å². The minimum Gasteiger partial charge on any atom is -0.467 e. The molecule has 0 heterocycles. The second kappa shape index (κ2) is 10.5. The van der Waals surface area contributed by atoms with E-state index < -0.39 is 17.9 Å². The van der Waals surface area contributed by atoms with Crippen LogP contribution in [-0.2, 0) is 20.7 Å². The first-order valence-electron chi connectivity index (χ1n) is 9.40. The fourth-order valence-electron chi connectivity index (χ4n) is 2.93. The molecule has 0 saturated carbocycles. The molecule has 0 aliphatic heterocycles. The number of rotatable bonds is 9. The number of unbranched alkanes of at least 4 members (excludes halogenated alkanes) is 1. The number of carbonyl (C=O) groups excluding carboxylic acids is 2. The van der Waals surface area contributed by atoms with E-state index in [0.29, 0.717) is 12.8 Å². The molecule has 0 bridgehead atoms. The van der Waals surface area contributed by atoms with Crippen LogP contribution in [0.25, 0.3) is 11.1 Å². The van der Waals surface area contributed by atoms with Crippen molar-refractivity contribution in [2.45, 2.75) is 38.6 Å². The summed E-state index contributed by atoms with van der Waals surface area (Å²) in [5.74, 6) is -1.11. The lowest BCUT2D eigenvalue weighted by molar-refractivity contribution is -0.145. The largest absolute Gasteiger partial charge is 0.467 e. The van der Waals surface area contributed by atoms with Gasteiger partial charge in [0.2, 0.25) is 5.91 Å². The summed E-state index contributed by atoms with van der Waals surface area (Å²) in [5, 5.41) is 2.78. The quantitative estimate of drug-likeness (QED) is 0.677. The molecule has 2 aromatic rings. The van der Waals surface area contributed by atoms with Crippen LogP contribution in [0.4, 0.5) is 0 Å². The van der Waals surface area contributed by atoms with E-state index in [1.165, 1.54) is 7.11 Å². The van der Waals surface area contributed by atoms with Crippen molar-refractivity contribution in [3.63, 3.8) is 0 Å². The topological polar surface area (TPSA) is 55.4 Å². The van der Waals surface area contributed by atoms with E-state index in [-0.39, 0.29) is 5.91 Å². The Hall–Kier alpha value is -2.62. The third-order valence-corrected chi connectivity index (χ3v) is 4.56. The second-order valence-corrected chi connectivity index (χ2v) is 6.69. The maximum atomic E-state index is 12.4. The zero-order valence-corrected chi connectivity index (χ0v) is 16.1. The number of hydrogen-bond acceptors (Lipinski definition) is 3. The lowest BCUT2D eigenvalue weighted by Gasteiger charge is -2.19. The Morgan fingerprint density at radius 1 is 1.04 bits per heavy atom. The first kappa shape index (κ1) is 20.7. The van der Waals surface area contributed by atoms with Crippen molar-refractivity contribution < 1.29 is 14.3 Å².